The van der Waals surface area contributed by atoms with Crippen molar-refractivity contribution in [3.8, 4) is 16.9 Å². The van der Waals surface area contributed by atoms with E-state index in [1.54, 1.807) is 47.1 Å². The van der Waals surface area contributed by atoms with Crippen molar-refractivity contribution >= 4 is 5.91 Å². The standard InChI is InChI=1S/C21H20FN3O4/c1-14-8-19(9-21(27)28-14)29-18-6-7-24(12-18)20(26)13-25-11-16(10-23-25)15-2-4-17(22)5-3-15/h2-5,8-11,18H,6-7,12-13H2,1H3/t18-/m0/s1. The highest BCUT2D eigenvalue weighted by atomic mass is 19.1. The Morgan fingerprint density at radius 2 is 2.07 bits per heavy atom. The first-order valence-electron chi connectivity index (χ1n) is 9.31. The van der Waals surface area contributed by atoms with Gasteiger partial charge in [-0.3, -0.25) is 9.48 Å². The summed E-state index contributed by atoms with van der Waals surface area (Å²) in [6.45, 7) is 2.82. The largest absolute Gasteiger partial charge is 0.488 e. The minimum absolute atomic E-state index is 0.0615. The zero-order valence-electron chi connectivity index (χ0n) is 15.9. The molecule has 1 saturated heterocycles. The lowest BCUT2D eigenvalue weighted by Crippen LogP contribution is -2.33. The molecule has 1 aliphatic heterocycles. The first-order valence-corrected chi connectivity index (χ1v) is 9.31. The summed E-state index contributed by atoms with van der Waals surface area (Å²) in [5, 5.41) is 4.23. The molecule has 0 saturated carbocycles. The number of carbonyl (C=O) groups is 1. The summed E-state index contributed by atoms with van der Waals surface area (Å²) in [6.07, 6.45) is 3.93. The van der Waals surface area contributed by atoms with E-state index >= 15 is 0 Å². The molecule has 8 heteroatoms. The fourth-order valence-electron chi connectivity index (χ4n) is 3.37. The number of benzene rings is 1. The van der Waals surface area contributed by atoms with Gasteiger partial charge in [-0.15, -0.1) is 0 Å². The van der Waals surface area contributed by atoms with Crippen molar-refractivity contribution in [2.24, 2.45) is 0 Å². The van der Waals surface area contributed by atoms with Gasteiger partial charge in [0.05, 0.1) is 18.8 Å². The van der Waals surface area contributed by atoms with Crippen LogP contribution in [0.1, 0.15) is 12.2 Å². The molecule has 0 radical (unpaired) electrons. The van der Waals surface area contributed by atoms with E-state index in [2.05, 4.69) is 5.10 Å². The maximum Gasteiger partial charge on any atom is 0.339 e. The van der Waals surface area contributed by atoms with Gasteiger partial charge in [-0.05, 0) is 24.6 Å². The number of amides is 1. The highest BCUT2D eigenvalue weighted by Gasteiger charge is 2.28. The molecule has 7 nitrogen and oxygen atoms in total. The first kappa shape index (κ1) is 18.9. The number of likely N-dealkylation sites (tertiary alicyclic amines) is 1. The van der Waals surface area contributed by atoms with E-state index in [1.807, 2.05) is 0 Å². The van der Waals surface area contributed by atoms with Crippen LogP contribution in [0.4, 0.5) is 4.39 Å². The molecule has 0 unspecified atom stereocenters. The Bertz CT molecular complexity index is 1070. The number of hydrogen-bond donors (Lipinski definition) is 0. The molecule has 1 aliphatic rings. The Balaban J connectivity index is 1.35. The van der Waals surface area contributed by atoms with Crippen LogP contribution < -0.4 is 10.4 Å². The molecule has 1 aromatic carbocycles. The van der Waals surface area contributed by atoms with Crippen LogP contribution in [0.25, 0.3) is 11.1 Å². The van der Waals surface area contributed by atoms with Gasteiger partial charge < -0.3 is 14.1 Å². The lowest BCUT2D eigenvalue weighted by molar-refractivity contribution is -0.131. The third kappa shape index (κ3) is 4.53. The molecule has 1 amide bonds. The van der Waals surface area contributed by atoms with Crippen molar-refractivity contribution in [1.82, 2.24) is 14.7 Å². The number of nitrogens with zero attached hydrogens (tertiary/aromatic N) is 3. The minimum atomic E-state index is -0.457. The van der Waals surface area contributed by atoms with Crippen LogP contribution in [0.3, 0.4) is 0 Å². The summed E-state index contributed by atoms with van der Waals surface area (Å²) in [5.74, 6) is 0.574. The summed E-state index contributed by atoms with van der Waals surface area (Å²) in [4.78, 5) is 25.8. The van der Waals surface area contributed by atoms with Gasteiger partial charge in [-0.2, -0.15) is 5.10 Å². The van der Waals surface area contributed by atoms with Gasteiger partial charge in [-0.1, -0.05) is 12.1 Å². The predicted molar refractivity (Wildman–Crippen MR) is 103 cm³/mol. The normalized spacial score (nSPS) is 16.2. The molecule has 0 N–H and O–H groups in total. The average molecular weight is 397 g/mol. The summed E-state index contributed by atoms with van der Waals surface area (Å²) >= 11 is 0. The molecule has 2 aromatic heterocycles. The highest BCUT2D eigenvalue weighted by Crippen LogP contribution is 2.20. The van der Waals surface area contributed by atoms with Crippen LogP contribution in [0.15, 0.2) is 58.0 Å². The fraction of sp³-hybridized carbons (Fsp3) is 0.286. The Labute approximate surface area is 166 Å². The predicted octanol–water partition coefficient (Wildman–Crippen LogP) is 2.63. The maximum atomic E-state index is 13.1. The van der Waals surface area contributed by atoms with E-state index in [-0.39, 0.29) is 24.4 Å². The van der Waals surface area contributed by atoms with Gasteiger partial charge in [0.25, 0.3) is 0 Å². The number of halogens is 1. The summed E-state index contributed by atoms with van der Waals surface area (Å²) in [7, 11) is 0. The van der Waals surface area contributed by atoms with Gasteiger partial charge >= 0.3 is 5.63 Å². The second-order valence-electron chi connectivity index (χ2n) is 7.02. The Morgan fingerprint density at radius 3 is 2.83 bits per heavy atom. The first-order chi connectivity index (χ1) is 14.0. The lowest BCUT2D eigenvalue weighted by atomic mass is 10.1. The molecular weight excluding hydrogens is 377 g/mol. The molecule has 150 valence electrons. The fourth-order valence-corrected chi connectivity index (χ4v) is 3.37. The van der Waals surface area contributed by atoms with Crippen molar-refractivity contribution in [1.29, 1.82) is 0 Å². The Hall–Kier alpha value is -3.42. The quantitative estimate of drug-likeness (QED) is 0.661. The SMILES string of the molecule is Cc1cc(O[C@H]2CCN(C(=O)Cn3cc(-c4ccc(F)cc4)cn3)C2)cc(=O)o1. The van der Waals surface area contributed by atoms with E-state index in [1.165, 1.54) is 18.2 Å². The van der Waals surface area contributed by atoms with E-state index in [4.69, 9.17) is 9.15 Å². The summed E-state index contributed by atoms with van der Waals surface area (Å²) in [6, 6.07) is 9.09. The monoisotopic (exact) mass is 397 g/mol. The Morgan fingerprint density at radius 1 is 1.28 bits per heavy atom. The zero-order chi connectivity index (χ0) is 20.4. The average Bonchev–Trinajstić information content (AvgIpc) is 3.31. The highest BCUT2D eigenvalue weighted by molar-refractivity contribution is 5.76. The molecule has 1 fully saturated rings. The van der Waals surface area contributed by atoms with E-state index < -0.39 is 5.63 Å². The van der Waals surface area contributed by atoms with Crippen molar-refractivity contribution in [2.75, 3.05) is 13.1 Å². The van der Waals surface area contributed by atoms with Crippen LogP contribution in [-0.2, 0) is 11.3 Å². The third-order valence-electron chi connectivity index (χ3n) is 4.78. The van der Waals surface area contributed by atoms with Crippen LogP contribution >= 0.6 is 0 Å². The van der Waals surface area contributed by atoms with Crippen molar-refractivity contribution < 1.29 is 18.3 Å². The molecular formula is C21H20FN3O4. The zero-order valence-corrected chi connectivity index (χ0v) is 15.9. The lowest BCUT2D eigenvalue weighted by Gasteiger charge is -2.17. The van der Waals surface area contributed by atoms with Crippen LogP contribution in [0.5, 0.6) is 5.75 Å². The van der Waals surface area contributed by atoms with Crippen LogP contribution in [-0.4, -0.2) is 39.8 Å². The van der Waals surface area contributed by atoms with Crippen molar-refractivity contribution in [3.05, 3.63) is 70.8 Å². The van der Waals surface area contributed by atoms with Crippen molar-refractivity contribution in [3.63, 3.8) is 0 Å². The number of rotatable bonds is 5. The minimum Gasteiger partial charge on any atom is -0.488 e. The molecule has 0 aliphatic carbocycles. The van der Waals surface area contributed by atoms with E-state index in [0.717, 1.165) is 11.1 Å². The molecule has 1 atom stereocenters. The van der Waals surface area contributed by atoms with Gasteiger partial charge in [-0.25, -0.2) is 9.18 Å². The van der Waals surface area contributed by atoms with Crippen molar-refractivity contribution in [2.45, 2.75) is 26.0 Å². The Kier molecular flexibility index (Phi) is 5.16. The number of carbonyl (C=O) groups excluding carboxylic acids is 1. The van der Waals surface area contributed by atoms with E-state index in [0.29, 0.717) is 31.0 Å². The third-order valence-corrected chi connectivity index (χ3v) is 4.78. The van der Waals surface area contributed by atoms with E-state index in [9.17, 15) is 14.0 Å². The van der Waals surface area contributed by atoms with Crippen LogP contribution in [0, 0.1) is 12.7 Å². The molecule has 3 heterocycles. The smallest absolute Gasteiger partial charge is 0.339 e. The van der Waals surface area contributed by atoms with Gasteiger partial charge in [0.2, 0.25) is 5.91 Å². The molecule has 29 heavy (non-hydrogen) atoms. The number of aryl methyl sites for hydroxylation is 1. The molecule has 3 aromatic rings. The number of hydrogen-bond acceptors (Lipinski definition) is 5. The maximum absolute atomic E-state index is 13.1. The van der Waals surface area contributed by atoms with Gasteiger partial charge in [0.15, 0.2) is 0 Å². The second-order valence-corrected chi connectivity index (χ2v) is 7.02. The molecule has 4 rings (SSSR count). The molecule has 0 bridgehead atoms. The topological polar surface area (TPSA) is 77.6 Å². The van der Waals surface area contributed by atoms with Gasteiger partial charge in [0, 0.05) is 30.8 Å². The summed E-state index contributed by atoms with van der Waals surface area (Å²) < 4.78 is 25.4. The number of ether oxygens (including phenoxy) is 1. The van der Waals surface area contributed by atoms with Gasteiger partial charge in [0.1, 0.15) is 30.0 Å². The number of aromatic nitrogens is 2. The molecule has 0 spiro atoms. The summed E-state index contributed by atoms with van der Waals surface area (Å²) in [5.41, 5.74) is 1.20. The second kappa shape index (κ2) is 7.90. The van der Waals surface area contributed by atoms with Crippen LogP contribution in [0.2, 0.25) is 0 Å².